The van der Waals surface area contributed by atoms with Crippen molar-refractivity contribution in [3.63, 3.8) is 0 Å². The Bertz CT molecular complexity index is 772. The van der Waals surface area contributed by atoms with Crippen molar-refractivity contribution in [2.75, 3.05) is 13.6 Å². The van der Waals surface area contributed by atoms with Gasteiger partial charge in [-0.2, -0.15) is 5.10 Å². The first kappa shape index (κ1) is 11.9. The van der Waals surface area contributed by atoms with E-state index in [9.17, 15) is 4.79 Å². The minimum atomic E-state index is -0.185. The van der Waals surface area contributed by atoms with Gasteiger partial charge in [0, 0.05) is 11.6 Å². The van der Waals surface area contributed by atoms with Gasteiger partial charge in [0.15, 0.2) is 5.65 Å². The van der Waals surface area contributed by atoms with E-state index in [0.29, 0.717) is 5.65 Å². The average molecular weight is 256 g/mol. The van der Waals surface area contributed by atoms with E-state index >= 15 is 0 Å². The highest BCUT2D eigenvalue weighted by atomic mass is 16.1. The van der Waals surface area contributed by atoms with Gasteiger partial charge in [-0.05, 0) is 37.4 Å². The molecule has 0 bridgehead atoms. The first-order valence-corrected chi connectivity index (χ1v) is 6.43. The lowest BCUT2D eigenvalue weighted by Crippen LogP contribution is -2.11. The highest BCUT2D eigenvalue weighted by Crippen LogP contribution is 2.22. The number of aryl methyl sites for hydroxylation is 1. The van der Waals surface area contributed by atoms with Gasteiger partial charge in [0.1, 0.15) is 0 Å². The molecule has 0 spiro atoms. The van der Waals surface area contributed by atoms with Crippen molar-refractivity contribution in [2.24, 2.45) is 0 Å². The number of benzene rings is 1. The Balaban J connectivity index is 2.22. The smallest absolute Gasteiger partial charge is 0.320 e. The van der Waals surface area contributed by atoms with Crippen molar-refractivity contribution in [3.05, 3.63) is 46.5 Å². The molecule has 2 N–H and O–H groups in total. The zero-order valence-corrected chi connectivity index (χ0v) is 10.8. The van der Waals surface area contributed by atoms with Crippen LogP contribution < -0.4 is 11.0 Å². The fourth-order valence-electron chi connectivity index (χ4n) is 2.45. The molecule has 3 rings (SSSR count). The number of hydrogen-bond donors (Lipinski definition) is 2. The van der Waals surface area contributed by atoms with E-state index in [1.807, 2.05) is 31.4 Å². The van der Waals surface area contributed by atoms with Crippen LogP contribution in [0.15, 0.2) is 35.3 Å². The summed E-state index contributed by atoms with van der Waals surface area (Å²) in [7, 11) is 1.95. The Hall–Kier alpha value is -2.14. The molecule has 2 heterocycles. The highest BCUT2D eigenvalue weighted by molar-refractivity contribution is 5.95. The zero-order valence-electron chi connectivity index (χ0n) is 10.8. The minimum Gasteiger partial charge on any atom is -0.320 e. The molecule has 5 heteroatoms. The number of nitrogens with one attached hydrogen (secondary N) is 2. The summed E-state index contributed by atoms with van der Waals surface area (Å²) in [5, 5.41) is 11.9. The number of aromatic amines is 1. The molecule has 0 fully saturated rings. The predicted molar refractivity (Wildman–Crippen MR) is 75.6 cm³/mol. The molecule has 19 heavy (non-hydrogen) atoms. The lowest BCUT2D eigenvalue weighted by molar-refractivity contribution is 0.725. The zero-order chi connectivity index (χ0) is 13.2. The SMILES string of the molecule is CNCCCc1cn2c(=O)[nH]nc2c2ccccc12. The van der Waals surface area contributed by atoms with Gasteiger partial charge in [-0.1, -0.05) is 24.3 Å². The molecule has 0 aliphatic heterocycles. The van der Waals surface area contributed by atoms with Gasteiger partial charge in [-0.25, -0.2) is 14.3 Å². The van der Waals surface area contributed by atoms with Gasteiger partial charge < -0.3 is 5.32 Å². The number of aromatic nitrogens is 3. The Kier molecular flexibility index (Phi) is 3.05. The van der Waals surface area contributed by atoms with E-state index in [4.69, 9.17) is 0 Å². The van der Waals surface area contributed by atoms with Crippen LogP contribution in [0.4, 0.5) is 0 Å². The van der Waals surface area contributed by atoms with E-state index in [0.717, 1.165) is 24.8 Å². The van der Waals surface area contributed by atoms with Crippen LogP contribution in [0.1, 0.15) is 12.0 Å². The summed E-state index contributed by atoms with van der Waals surface area (Å²) in [4.78, 5) is 11.7. The number of nitrogens with zero attached hydrogens (tertiary/aromatic N) is 2. The molecule has 2 aromatic heterocycles. The maximum atomic E-state index is 11.7. The predicted octanol–water partition coefficient (Wildman–Crippen LogP) is 1.33. The van der Waals surface area contributed by atoms with Crippen LogP contribution in [0.5, 0.6) is 0 Å². The topological polar surface area (TPSA) is 62.2 Å². The monoisotopic (exact) mass is 256 g/mol. The largest absolute Gasteiger partial charge is 0.347 e. The molecular weight excluding hydrogens is 240 g/mol. The van der Waals surface area contributed by atoms with E-state index in [1.165, 1.54) is 10.9 Å². The summed E-state index contributed by atoms with van der Waals surface area (Å²) in [6, 6.07) is 8.08. The van der Waals surface area contributed by atoms with Crippen LogP contribution in [0.2, 0.25) is 0 Å². The van der Waals surface area contributed by atoms with Crippen LogP contribution in [0, 0.1) is 0 Å². The Morgan fingerprint density at radius 2 is 2.11 bits per heavy atom. The number of pyridine rings is 1. The summed E-state index contributed by atoms with van der Waals surface area (Å²) in [6.07, 6.45) is 3.88. The maximum Gasteiger partial charge on any atom is 0.347 e. The van der Waals surface area contributed by atoms with Crippen molar-refractivity contribution in [3.8, 4) is 0 Å². The lowest BCUT2D eigenvalue weighted by atomic mass is 10.0. The second-order valence-corrected chi connectivity index (χ2v) is 4.63. The summed E-state index contributed by atoms with van der Waals surface area (Å²) in [5.41, 5.74) is 1.69. The summed E-state index contributed by atoms with van der Waals surface area (Å²) in [6.45, 7) is 0.965. The fraction of sp³-hybridized carbons (Fsp3) is 0.286. The van der Waals surface area contributed by atoms with Crippen molar-refractivity contribution in [1.29, 1.82) is 0 Å². The Labute approximate surface area is 110 Å². The molecule has 98 valence electrons. The average Bonchev–Trinajstić information content (AvgIpc) is 2.81. The quantitative estimate of drug-likeness (QED) is 0.692. The van der Waals surface area contributed by atoms with Crippen LogP contribution in [-0.4, -0.2) is 28.2 Å². The molecule has 1 aromatic carbocycles. The molecule has 0 unspecified atom stereocenters. The van der Waals surface area contributed by atoms with E-state index in [2.05, 4.69) is 21.6 Å². The van der Waals surface area contributed by atoms with E-state index in [1.54, 1.807) is 4.40 Å². The Morgan fingerprint density at radius 3 is 2.89 bits per heavy atom. The normalized spacial score (nSPS) is 11.4. The molecule has 0 aliphatic carbocycles. The summed E-state index contributed by atoms with van der Waals surface area (Å²) < 4.78 is 1.59. The van der Waals surface area contributed by atoms with Crippen molar-refractivity contribution in [2.45, 2.75) is 12.8 Å². The van der Waals surface area contributed by atoms with Crippen molar-refractivity contribution >= 4 is 16.4 Å². The third kappa shape index (κ3) is 2.02. The van der Waals surface area contributed by atoms with Gasteiger partial charge in [0.05, 0.1) is 0 Å². The molecule has 0 aliphatic rings. The van der Waals surface area contributed by atoms with Crippen molar-refractivity contribution in [1.82, 2.24) is 19.9 Å². The molecule has 0 saturated carbocycles. The first-order valence-electron chi connectivity index (χ1n) is 6.43. The summed E-state index contributed by atoms with van der Waals surface area (Å²) >= 11 is 0. The molecule has 0 radical (unpaired) electrons. The second kappa shape index (κ2) is 4.85. The number of rotatable bonds is 4. The van der Waals surface area contributed by atoms with Gasteiger partial charge in [0.25, 0.3) is 0 Å². The van der Waals surface area contributed by atoms with Crippen molar-refractivity contribution < 1.29 is 0 Å². The number of hydrogen-bond acceptors (Lipinski definition) is 3. The molecule has 3 aromatic rings. The number of fused-ring (bicyclic) bond motifs is 3. The third-order valence-corrected chi connectivity index (χ3v) is 3.38. The molecular formula is C14H16N4O. The minimum absolute atomic E-state index is 0.185. The van der Waals surface area contributed by atoms with Crippen LogP contribution in [0.25, 0.3) is 16.4 Å². The maximum absolute atomic E-state index is 11.7. The Morgan fingerprint density at radius 1 is 1.32 bits per heavy atom. The standard InChI is InChI=1S/C14H16N4O/c1-15-8-4-5-10-9-18-13(16-17-14(18)19)12-7-3-2-6-11(10)12/h2-3,6-7,9,15H,4-5,8H2,1H3,(H,17,19). The van der Waals surface area contributed by atoms with Crippen LogP contribution >= 0.6 is 0 Å². The third-order valence-electron chi connectivity index (χ3n) is 3.38. The van der Waals surface area contributed by atoms with Gasteiger partial charge in [-0.3, -0.25) is 0 Å². The molecule has 0 amide bonds. The van der Waals surface area contributed by atoms with E-state index < -0.39 is 0 Å². The fourth-order valence-corrected chi connectivity index (χ4v) is 2.45. The van der Waals surface area contributed by atoms with Crippen LogP contribution in [0.3, 0.4) is 0 Å². The molecule has 0 saturated heterocycles. The van der Waals surface area contributed by atoms with Gasteiger partial charge in [0.2, 0.25) is 0 Å². The lowest BCUT2D eigenvalue weighted by Gasteiger charge is -2.07. The second-order valence-electron chi connectivity index (χ2n) is 4.63. The van der Waals surface area contributed by atoms with E-state index in [-0.39, 0.29) is 5.69 Å². The molecule has 5 nitrogen and oxygen atoms in total. The highest BCUT2D eigenvalue weighted by Gasteiger charge is 2.09. The summed E-state index contributed by atoms with van der Waals surface area (Å²) in [5.74, 6) is 0. The van der Waals surface area contributed by atoms with Gasteiger partial charge >= 0.3 is 5.69 Å². The number of H-pyrrole nitrogens is 1. The first-order chi connectivity index (χ1) is 9.31. The van der Waals surface area contributed by atoms with Gasteiger partial charge in [-0.15, -0.1) is 0 Å². The molecule has 0 atom stereocenters. The van der Waals surface area contributed by atoms with Crippen LogP contribution in [-0.2, 0) is 6.42 Å².